The summed E-state index contributed by atoms with van der Waals surface area (Å²) in [6.45, 7) is 2.02. The molecular formula is C26H21FN2O. The van der Waals surface area contributed by atoms with E-state index in [0.29, 0.717) is 11.1 Å². The Morgan fingerprint density at radius 1 is 1.10 bits per heavy atom. The first-order chi connectivity index (χ1) is 14.6. The molecular weight excluding hydrogens is 375 g/mol. The molecule has 1 aromatic heterocycles. The smallest absolute Gasteiger partial charge is 0.152 e. The van der Waals surface area contributed by atoms with Crippen molar-refractivity contribution < 1.29 is 8.81 Å². The van der Waals surface area contributed by atoms with E-state index in [-0.39, 0.29) is 11.9 Å². The first-order valence-corrected chi connectivity index (χ1v) is 10.1. The van der Waals surface area contributed by atoms with Crippen LogP contribution in [-0.2, 0) is 6.42 Å². The Labute approximate surface area is 174 Å². The number of nitrogens with zero attached hydrogens (tertiary/aromatic N) is 1. The number of halogens is 1. The van der Waals surface area contributed by atoms with Gasteiger partial charge in [-0.05, 0) is 78.9 Å². The van der Waals surface area contributed by atoms with Gasteiger partial charge in [-0.1, -0.05) is 30.3 Å². The Balaban J connectivity index is 1.68. The van der Waals surface area contributed by atoms with Crippen molar-refractivity contribution in [1.82, 2.24) is 5.32 Å². The minimum Gasteiger partial charge on any atom is -0.455 e. The summed E-state index contributed by atoms with van der Waals surface area (Å²) in [7, 11) is 1.96. The van der Waals surface area contributed by atoms with Gasteiger partial charge in [-0.3, -0.25) is 0 Å². The summed E-state index contributed by atoms with van der Waals surface area (Å²) in [5.74, 6) is 0.468. The lowest BCUT2D eigenvalue weighted by Gasteiger charge is -2.10. The van der Waals surface area contributed by atoms with E-state index >= 15 is 0 Å². The maximum atomic E-state index is 13.8. The van der Waals surface area contributed by atoms with Gasteiger partial charge in [0.2, 0.25) is 0 Å². The number of benzene rings is 3. The van der Waals surface area contributed by atoms with Crippen molar-refractivity contribution in [2.24, 2.45) is 0 Å². The first kappa shape index (κ1) is 18.6. The van der Waals surface area contributed by atoms with E-state index in [1.54, 1.807) is 12.1 Å². The van der Waals surface area contributed by atoms with E-state index in [1.165, 1.54) is 11.6 Å². The van der Waals surface area contributed by atoms with Crippen molar-refractivity contribution in [1.29, 1.82) is 5.26 Å². The highest BCUT2D eigenvalue weighted by atomic mass is 19.1. The summed E-state index contributed by atoms with van der Waals surface area (Å²) in [5.41, 5.74) is 7.34. The van der Waals surface area contributed by atoms with Crippen LogP contribution in [0.1, 0.15) is 34.7 Å². The van der Waals surface area contributed by atoms with Gasteiger partial charge in [-0.25, -0.2) is 4.39 Å². The molecule has 0 aliphatic heterocycles. The fourth-order valence-corrected chi connectivity index (χ4v) is 4.69. The molecule has 30 heavy (non-hydrogen) atoms. The van der Waals surface area contributed by atoms with Crippen molar-refractivity contribution >= 4 is 11.0 Å². The lowest BCUT2D eigenvalue weighted by atomic mass is 9.95. The van der Waals surface area contributed by atoms with Crippen LogP contribution in [0, 0.1) is 24.1 Å². The van der Waals surface area contributed by atoms with Crippen molar-refractivity contribution in [3.8, 4) is 28.5 Å². The largest absolute Gasteiger partial charge is 0.455 e. The van der Waals surface area contributed by atoms with Gasteiger partial charge in [0.05, 0.1) is 5.56 Å². The van der Waals surface area contributed by atoms with E-state index in [1.807, 2.05) is 44.3 Å². The lowest BCUT2D eigenvalue weighted by Crippen LogP contribution is -2.12. The van der Waals surface area contributed by atoms with Crippen LogP contribution in [0.25, 0.3) is 33.4 Å². The third-order valence-electron chi connectivity index (χ3n) is 6.20. The van der Waals surface area contributed by atoms with Crippen LogP contribution in [0.3, 0.4) is 0 Å². The van der Waals surface area contributed by atoms with Crippen molar-refractivity contribution in [2.45, 2.75) is 25.8 Å². The predicted octanol–water partition coefficient (Wildman–Crippen LogP) is 6.29. The van der Waals surface area contributed by atoms with E-state index in [2.05, 4.69) is 17.5 Å². The average Bonchev–Trinajstić information content (AvgIpc) is 3.35. The van der Waals surface area contributed by atoms with Crippen LogP contribution in [0.2, 0.25) is 0 Å². The van der Waals surface area contributed by atoms with E-state index in [0.717, 1.165) is 51.8 Å². The van der Waals surface area contributed by atoms with Crippen LogP contribution >= 0.6 is 0 Å². The predicted molar refractivity (Wildman–Crippen MR) is 117 cm³/mol. The second-order valence-electron chi connectivity index (χ2n) is 7.83. The summed E-state index contributed by atoms with van der Waals surface area (Å²) in [6.07, 6.45) is 1.87. The highest BCUT2D eigenvalue weighted by molar-refractivity contribution is 5.90. The van der Waals surface area contributed by atoms with Crippen molar-refractivity contribution in [2.75, 3.05) is 7.05 Å². The zero-order valence-corrected chi connectivity index (χ0v) is 16.9. The Bertz CT molecular complexity index is 1330. The molecule has 0 spiro atoms. The molecule has 4 aromatic rings. The molecule has 1 heterocycles. The number of fused-ring (bicyclic) bond motifs is 2. The van der Waals surface area contributed by atoms with Gasteiger partial charge in [-0.2, -0.15) is 5.26 Å². The fraction of sp³-hybridized carbons (Fsp3) is 0.192. The van der Waals surface area contributed by atoms with Gasteiger partial charge in [0.1, 0.15) is 17.6 Å². The molecule has 0 amide bonds. The number of hydrogen-bond donors (Lipinski definition) is 1. The Morgan fingerprint density at radius 2 is 1.90 bits per heavy atom. The third kappa shape index (κ3) is 2.82. The minimum atomic E-state index is -0.256. The van der Waals surface area contributed by atoms with Crippen LogP contribution in [0.4, 0.5) is 4.39 Å². The molecule has 0 fully saturated rings. The topological polar surface area (TPSA) is 49.0 Å². The molecule has 3 aromatic carbocycles. The number of rotatable bonds is 3. The SMILES string of the molecule is CN[C@@H]1CCc2c1cc1cc(-c3cccc(-c4cccc(F)c4)c3C)oc1c2C#N. The number of hydrogen-bond acceptors (Lipinski definition) is 3. The Kier molecular flexibility index (Phi) is 4.42. The molecule has 1 aliphatic carbocycles. The molecule has 0 unspecified atom stereocenters. The minimum absolute atomic E-state index is 0.256. The van der Waals surface area contributed by atoms with Crippen LogP contribution in [-0.4, -0.2) is 7.05 Å². The average molecular weight is 396 g/mol. The van der Waals surface area contributed by atoms with Crippen molar-refractivity contribution in [3.63, 3.8) is 0 Å². The highest BCUT2D eigenvalue weighted by Crippen LogP contribution is 2.41. The molecule has 0 saturated carbocycles. The summed E-state index contributed by atoms with van der Waals surface area (Å²) >= 11 is 0. The highest BCUT2D eigenvalue weighted by Gasteiger charge is 2.27. The summed E-state index contributed by atoms with van der Waals surface area (Å²) < 4.78 is 20.0. The zero-order chi connectivity index (χ0) is 20.8. The van der Waals surface area contributed by atoms with Gasteiger partial charge in [0, 0.05) is 17.0 Å². The monoisotopic (exact) mass is 396 g/mol. The maximum Gasteiger partial charge on any atom is 0.152 e. The molecule has 0 saturated heterocycles. The lowest BCUT2D eigenvalue weighted by molar-refractivity contribution is 0.591. The Hall–Kier alpha value is -3.42. The zero-order valence-electron chi connectivity index (χ0n) is 16.9. The molecule has 1 atom stereocenters. The summed E-state index contributed by atoms with van der Waals surface area (Å²) in [4.78, 5) is 0. The Morgan fingerprint density at radius 3 is 2.67 bits per heavy atom. The summed E-state index contributed by atoms with van der Waals surface area (Å²) in [5, 5.41) is 14.1. The molecule has 5 rings (SSSR count). The third-order valence-corrected chi connectivity index (χ3v) is 6.20. The first-order valence-electron chi connectivity index (χ1n) is 10.1. The van der Waals surface area contributed by atoms with Crippen LogP contribution in [0.5, 0.6) is 0 Å². The standard InChI is InChI=1S/C26H21FN2O/c1-15-19(16-5-3-6-18(27)11-16)7-4-8-20(15)25-13-17-12-22-21(9-10-24(22)29-2)23(14-28)26(17)30-25/h3-8,11-13,24,29H,9-10H2,1-2H3/t24-/m1/s1. The van der Waals surface area contributed by atoms with Crippen molar-refractivity contribution in [3.05, 3.63) is 82.7 Å². The number of nitriles is 1. The van der Waals surface area contributed by atoms with Crippen LogP contribution < -0.4 is 5.32 Å². The van der Waals surface area contributed by atoms with Gasteiger partial charge in [0.25, 0.3) is 0 Å². The number of nitrogens with one attached hydrogen (secondary N) is 1. The molecule has 4 heteroatoms. The normalized spacial score (nSPS) is 15.3. The second-order valence-corrected chi connectivity index (χ2v) is 7.83. The van der Waals surface area contributed by atoms with Crippen LogP contribution in [0.15, 0.2) is 59.0 Å². The number of furan rings is 1. The molecule has 148 valence electrons. The second kappa shape index (κ2) is 7.12. The quantitative estimate of drug-likeness (QED) is 0.442. The van der Waals surface area contributed by atoms with E-state index in [9.17, 15) is 9.65 Å². The van der Waals surface area contributed by atoms with E-state index < -0.39 is 0 Å². The van der Waals surface area contributed by atoms with E-state index in [4.69, 9.17) is 4.42 Å². The summed E-state index contributed by atoms with van der Waals surface area (Å²) in [6, 6.07) is 19.4. The van der Waals surface area contributed by atoms with Gasteiger partial charge in [-0.15, -0.1) is 0 Å². The van der Waals surface area contributed by atoms with Gasteiger partial charge < -0.3 is 9.73 Å². The molecule has 1 N–H and O–H groups in total. The molecule has 0 radical (unpaired) electrons. The molecule has 3 nitrogen and oxygen atoms in total. The van der Waals surface area contributed by atoms with Gasteiger partial charge in [0.15, 0.2) is 5.58 Å². The fourth-order valence-electron chi connectivity index (χ4n) is 4.69. The molecule has 1 aliphatic rings. The van der Waals surface area contributed by atoms with Gasteiger partial charge >= 0.3 is 0 Å². The molecule has 0 bridgehead atoms. The maximum absolute atomic E-state index is 13.8.